The van der Waals surface area contributed by atoms with Gasteiger partial charge in [-0.25, -0.2) is 0 Å². The van der Waals surface area contributed by atoms with Gasteiger partial charge in [-0.1, -0.05) is 6.08 Å². The average molecular weight is 310 g/mol. The number of ketones is 1. The number of carbonyl (C=O) groups is 2. The monoisotopic (exact) mass is 310 g/mol. The second-order valence-corrected chi connectivity index (χ2v) is 4.80. The second kappa shape index (κ2) is 7.13. The number of hydrogen-bond acceptors (Lipinski definition) is 4. The Balaban J connectivity index is 2.05. The zero-order valence-corrected chi connectivity index (χ0v) is 12.4. The van der Waals surface area contributed by atoms with Gasteiger partial charge in [-0.3, -0.25) is 19.7 Å². The SMILES string of the molecule is CC(=O)Nc1ccc(C(=O)C=Cc2ccc([N+](=O)[O-])cc2)cc1. The third-order valence-electron chi connectivity index (χ3n) is 3.02. The Labute approximate surface area is 132 Å². The predicted octanol–water partition coefficient (Wildman–Crippen LogP) is 3.45. The van der Waals surface area contributed by atoms with Crippen LogP contribution in [0.5, 0.6) is 0 Å². The first-order valence-electron chi connectivity index (χ1n) is 6.80. The van der Waals surface area contributed by atoms with Crippen molar-refractivity contribution >= 4 is 29.1 Å². The van der Waals surface area contributed by atoms with Crippen molar-refractivity contribution in [3.63, 3.8) is 0 Å². The van der Waals surface area contributed by atoms with Crippen LogP contribution >= 0.6 is 0 Å². The van der Waals surface area contributed by atoms with Gasteiger partial charge in [0.25, 0.3) is 5.69 Å². The van der Waals surface area contributed by atoms with Gasteiger partial charge in [-0.2, -0.15) is 0 Å². The Bertz CT molecular complexity index is 762. The molecule has 23 heavy (non-hydrogen) atoms. The normalized spacial score (nSPS) is 10.5. The molecule has 116 valence electrons. The molecule has 0 saturated carbocycles. The van der Waals surface area contributed by atoms with Crippen LogP contribution in [-0.4, -0.2) is 16.6 Å². The summed E-state index contributed by atoms with van der Waals surface area (Å²) in [5.74, 6) is -0.375. The molecule has 0 saturated heterocycles. The molecule has 0 atom stereocenters. The van der Waals surface area contributed by atoms with Gasteiger partial charge >= 0.3 is 0 Å². The molecule has 2 aromatic rings. The number of allylic oxidation sites excluding steroid dienone is 1. The fourth-order valence-corrected chi connectivity index (χ4v) is 1.90. The van der Waals surface area contributed by atoms with Crippen molar-refractivity contribution in [3.05, 3.63) is 75.8 Å². The Hall–Kier alpha value is -3.28. The molecule has 0 aliphatic rings. The van der Waals surface area contributed by atoms with Crippen molar-refractivity contribution in [1.29, 1.82) is 0 Å². The standard InChI is InChI=1S/C17H14N2O4/c1-12(20)18-15-7-5-14(6-8-15)17(21)11-4-13-2-9-16(10-3-13)19(22)23/h2-11H,1H3,(H,18,20). The zero-order chi connectivity index (χ0) is 16.8. The van der Waals surface area contributed by atoms with Crippen LogP contribution in [0.15, 0.2) is 54.6 Å². The summed E-state index contributed by atoms with van der Waals surface area (Å²) in [5, 5.41) is 13.2. The Kier molecular flexibility index (Phi) is 4.99. The molecule has 0 fully saturated rings. The number of carbonyl (C=O) groups excluding carboxylic acids is 2. The lowest BCUT2D eigenvalue weighted by atomic mass is 10.1. The molecule has 6 nitrogen and oxygen atoms in total. The van der Waals surface area contributed by atoms with Crippen LogP contribution in [-0.2, 0) is 4.79 Å². The number of benzene rings is 2. The molecule has 2 rings (SSSR count). The van der Waals surface area contributed by atoms with Crippen LogP contribution in [0.4, 0.5) is 11.4 Å². The zero-order valence-electron chi connectivity index (χ0n) is 12.4. The number of nitro groups is 1. The fraction of sp³-hybridized carbons (Fsp3) is 0.0588. The van der Waals surface area contributed by atoms with E-state index >= 15 is 0 Å². The minimum atomic E-state index is -0.477. The van der Waals surface area contributed by atoms with E-state index in [9.17, 15) is 19.7 Å². The molecule has 6 heteroatoms. The van der Waals surface area contributed by atoms with Crippen LogP contribution in [0.1, 0.15) is 22.8 Å². The summed E-state index contributed by atoms with van der Waals surface area (Å²) in [6.07, 6.45) is 2.99. The largest absolute Gasteiger partial charge is 0.326 e. The number of nitro benzene ring substituents is 1. The van der Waals surface area contributed by atoms with Crippen LogP contribution in [0.2, 0.25) is 0 Å². The van der Waals surface area contributed by atoms with Crippen LogP contribution in [0.3, 0.4) is 0 Å². The number of non-ortho nitro benzene ring substituents is 1. The summed E-state index contributed by atoms with van der Waals surface area (Å²) in [6, 6.07) is 12.4. The lowest BCUT2D eigenvalue weighted by Crippen LogP contribution is -2.05. The van der Waals surface area contributed by atoms with E-state index in [2.05, 4.69) is 5.32 Å². The Morgan fingerprint density at radius 2 is 1.65 bits per heavy atom. The van der Waals surface area contributed by atoms with Gasteiger partial charge in [0, 0.05) is 30.3 Å². The summed E-state index contributed by atoms with van der Waals surface area (Å²) in [5.41, 5.74) is 1.80. The number of nitrogens with zero attached hydrogens (tertiary/aromatic N) is 1. The summed E-state index contributed by atoms with van der Waals surface area (Å²) >= 11 is 0. The molecule has 0 bridgehead atoms. The first kappa shape index (κ1) is 16.1. The maximum Gasteiger partial charge on any atom is 0.269 e. The van der Waals surface area contributed by atoms with Crippen LogP contribution in [0, 0.1) is 10.1 Å². The van der Waals surface area contributed by atoms with E-state index in [-0.39, 0.29) is 17.4 Å². The van der Waals surface area contributed by atoms with Crippen molar-refractivity contribution < 1.29 is 14.5 Å². The van der Waals surface area contributed by atoms with Crippen molar-refractivity contribution in [3.8, 4) is 0 Å². The molecule has 1 N–H and O–H groups in total. The van der Waals surface area contributed by atoms with Gasteiger partial charge in [0.2, 0.25) is 5.91 Å². The van der Waals surface area contributed by atoms with Gasteiger partial charge < -0.3 is 5.32 Å². The molecule has 2 aromatic carbocycles. The number of hydrogen-bond donors (Lipinski definition) is 1. The van der Waals surface area contributed by atoms with Crippen molar-refractivity contribution in [2.75, 3.05) is 5.32 Å². The quantitative estimate of drug-likeness (QED) is 0.396. The van der Waals surface area contributed by atoms with E-state index in [1.807, 2.05) is 0 Å². The van der Waals surface area contributed by atoms with Gasteiger partial charge in [0.05, 0.1) is 4.92 Å². The maximum atomic E-state index is 12.0. The highest BCUT2D eigenvalue weighted by molar-refractivity contribution is 6.07. The van der Waals surface area contributed by atoms with E-state index in [4.69, 9.17) is 0 Å². The third-order valence-corrected chi connectivity index (χ3v) is 3.02. The lowest BCUT2D eigenvalue weighted by molar-refractivity contribution is -0.384. The Morgan fingerprint density at radius 1 is 1.04 bits per heavy atom. The van der Waals surface area contributed by atoms with Gasteiger partial charge in [0.1, 0.15) is 0 Å². The van der Waals surface area contributed by atoms with E-state index in [0.717, 1.165) is 0 Å². The van der Waals surface area contributed by atoms with Gasteiger partial charge in [0.15, 0.2) is 5.78 Å². The van der Waals surface area contributed by atoms with Crippen LogP contribution < -0.4 is 5.32 Å². The summed E-state index contributed by atoms with van der Waals surface area (Å²) < 4.78 is 0. The molecular weight excluding hydrogens is 296 g/mol. The number of rotatable bonds is 5. The molecule has 1 amide bonds. The first-order chi connectivity index (χ1) is 11.0. The minimum absolute atomic E-state index is 0.00189. The number of anilines is 1. The van der Waals surface area contributed by atoms with Gasteiger partial charge in [-0.05, 0) is 48.0 Å². The summed E-state index contributed by atoms with van der Waals surface area (Å²) in [4.78, 5) is 33.1. The highest BCUT2D eigenvalue weighted by atomic mass is 16.6. The van der Waals surface area contributed by atoms with E-state index in [0.29, 0.717) is 16.8 Å². The molecule has 0 aromatic heterocycles. The summed E-state index contributed by atoms with van der Waals surface area (Å²) in [7, 11) is 0. The second-order valence-electron chi connectivity index (χ2n) is 4.80. The fourth-order valence-electron chi connectivity index (χ4n) is 1.90. The van der Waals surface area contributed by atoms with E-state index in [1.54, 1.807) is 42.5 Å². The topological polar surface area (TPSA) is 89.3 Å². The van der Waals surface area contributed by atoms with Crippen molar-refractivity contribution in [2.24, 2.45) is 0 Å². The van der Waals surface area contributed by atoms with Crippen LogP contribution in [0.25, 0.3) is 6.08 Å². The first-order valence-corrected chi connectivity index (χ1v) is 6.80. The summed E-state index contributed by atoms with van der Waals surface area (Å²) in [6.45, 7) is 1.41. The number of amides is 1. The molecule has 0 unspecified atom stereocenters. The van der Waals surface area contributed by atoms with Crippen molar-refractivity contribution in [2.45, 2.75) is 6.92 Å². The maximum absolute atomic E-state index is 12.0. The van der Waals surface area contributed by atoms with E-state index < -0.39 is 4.92 Å². The molecule has 0 heterocycles. The predicted molar refractivity (Wildman–Crippen MR) is 87.2 cm³/mol. The van der Waals surface area contributed by atoms with E-state index in [1.165, 1.54) is 25.1 Å². The average Bonchev–Trinajstić information content (AvgIpc) is 2.53. The Morgan fingerprint density at radius 3 is 2.17 bits per heavy atom. The lowest BCUT2D eigenvalue weighted by Gasteiger charge is -2.02. The third kappa shape index (κ3) is 4.60. The van der Waals surface area contributed by atoms with Gasteiger partial charge in [-0.15, -0.1) is 0 Å². The molecule has 0 aliphatic heterocycles. The highest BCUT2D eigenvalue weighted by Crippen LogP contribution is 2.14. The minimum Gasteiger partial charge on any atom is -0.326 e. The highest BCUT2D eigenvalue weighted by Gasteiger charge is 2.04. The molecule has 0 radical (unpaired) electrons. The smallest absolute Gasteiger partial charge is 0.269 e. The van der Waals surface area contributed by atoms with Crippen molar-refractivity contribution in [1.82, 2.24) is 0 Å². The number of nitrogens with one attached hydrogen (secondary N) is 1. The molecule has 0 aliphatic carbocycles. The molecule has 0 spiro atoms. The molecular formula is C17H14N2O4.